The maximum Gasteiger partial charge on any atom is 2.00 e. The van der Waals surface area contributed by atoms with Crippen molar-refractivity contribution in [1.82, 2.24) is 0 Å². The molecule has 0 aromatic heterocycles. The topological polar surface area (TPSA) is 37.3 Å². The van der Waals surface area contributed by atoms with E-state index < -0.39 is 5.97 Å². The maximum absolute atomic E-state index is 10.4. The first-order valence-corrected chi connectivity index (χ1v) is 12.9. The summed E-state index contributed by atoms with van der Waals surface area (Å²) in [4.78, 5) is 11.7. The smallest absolute Gasteiger partial charge is 0.481 e. The molecule has 0 radical (unpaired) electrons. The molecule has 0 saturated heterocycles. The predicted molar refractivity (Wildman–Crippen MR) is 128 cm³/mol. The quantitative estimate of drug-likeness (QED) is 0.0963. The van der Waals surface area contributed by atoms with Crippen molar-refractivity contribution in [1.29, 1.82) is 0 Å². The Morgan fingerprint density at radius 1 is 0.667 bits per heavy atom. The first-order valence-electron chi connectivity index (χ1n) is 11.1. The van der Waals surface area contributed by atoms with Crippen molar-refractivity contribution >= 4 is 75.6 Å². The summed E-state index contributed by atoms with van der Waals surface area (Å²) in [5.74, 6) is -0.659. The van der Waals surface area contributed by atoms with Crippen molar-refractivity contribution in [3.8, 4) is 0 Å². The summed E-state index contributed by atoms with van der Waals surface area (Å²) < 4.78 is 0. The number of carboxylic acids is 1. The monoisotopic (exact) mass is 536 g/mol. The Balaban J connectivity index is 0. The Kier molecular flexibility index (Phi) is 27.4. The summed E-state index contributed by atoms with van der Waals surface area (Å²) in [7, 11) is 0. The molecule has 0 aliphatic heterocycles. The molecule has 0 bridgehead atoms. The second-order valence-electron chi connectivity index (χ2n) is 7.70. The van der Waals surface area contributed by atoms with E-state index in [0.717, 1.165) is 12.8 Å². The molecule has 0 heterocycles. The molecule has 0 aromatic carbocycles. The van der Waals surface area contributed by atoms with Crippen molar-refractivity contribution in [2.75, 3.05) is 0 Å². The summed E-state index contributed by atoms with van der Waals surface area (Å²) in [6, 6.07) is 0. The molecule has 2 unspecified atom stereocenters. The number of alkyl halides is 2. The van der Waals surface area contributed by atoms with E-state index in [1.165, 1.54) is 96.3 Å². The molecular weight excluding hydrogens is 496 g/mol. The molecule has 2 nitrogen and oxygen atoms in total. The maximum atomic E-state index is 10.4. The van der Waals surface area contributed by atoms with E-state index in [-0.39, 0.29) is 37.7 Å². The van der Waals surface area contributed by atoms with Gasteiger partial charge in [0.15, 0.2) is 0 Å². The second kappa shape index (κ2) is 24.0. The molecule has 0 aromatic rings. The van der Waals surface area contributed by atoms with Crippen molar-refractivity contribution in [2.24, 2.45) is 0 Å². The number of halogens is 2. The van der Waals surface area contributed by atoms with Gasteiger partial charge in [0.2, 0.25) is 0 Å². The third-order valence-electron chi connectivity index (χ3n) is 5.10. The van der Waals surface area contributed by atoms with Crippen LogP contribution in [0.25, 0.3) is 0 Å². The number of carbonyl (C=O) groups is 1. The summed E-state index contributed by atoms with van der Waals surface area (Å²) in [5, 5.41) is 8.59. The van der Waals surface area contributed by atoms with Gasteiger partial charge in [-0.2, -0.15) is 0 Å². The van der Waals surface area contributed by atoms with Gasteiger partial charge in [0.25, 0.3) is 0 Å². The minimum Gasteiger partial charge on any atom is -0.481 e. The fourth-order valence-corrected chi connectivity index (χ4v) is 4.51. The van der Waals surface area contributed by atoms with Crippen LogP contribution >= 0.6 is 31.9 Å². The zero-order valence-electron chi connectivity index (χ0n) is 17.7. The second-order valence-corrected chi connectivity index (χ2v) is 10.1. The van der Waals surface area contributed by atoms with Crippen LogP contribution < -0.4 is 0 Å². The van der Waals surface area contributed by atoms with Crippen molar-refractivity contribution in [2.45, 2.75) is 132 Å². The number of aliphatic carboxylic acids is 1. The molecule has 0 amide bonds. The number of unbranched alkanes of at least 4 members (excludes halogenated alkanes) is 13. The number of hydrogen-bond acceptors (Lipinski definition) is 1. The van der Waals surface area contributed by atoms with E-state index in [0.29, 0.717) is 16.1 Å². The van der Waals surface area contributed by atoms with Gasteiger partial charge in [0, 0.05) is 16.1 Å². The van der Waals surface area contributed by atoms with Crippen LogP contribution in [0.5, 0.6) is 0 Å². The van der Waals surface area contributed by atoms with E-state index in [1.807, 2.05) is 0 Å². The molecular formula is C22H42Br2CaO2+2. The van der Waals surface area contributed by atoms with Gasteiger partial charge < -0.3 is 5.11 Å². The molecule has 5 heteroatoms. The Hall–Kier alpha value is 1.69. The zero-order chi connectivity index (χ0) is 19.5. The van der Waals surface area contributed by atoms with Gasteiger partial charge in [-0.3, -0.25) is 4.79 Å². The molecule has 27 heavy (non-hydrogen) atoms. The summed E-state index contributed by atoms with van der Waals surface area (Å²) >= 11 is 7.75. The third kappa shape index (κ3) is 23.8. The average Bonchev–Trinajstić information content (AvgIpc) is 2.61. The summed E-state index contributed by atoms with van der Waals surface area (Å²) in [6.07, 6.45) is 22.2. The molecule has 0 fully saturated rings. The largest absolute Gasteiger partial charge is 2.00 e. The molecule has 0 rings (SSSR count). The minimum absolute atomic E-state index is 0. The molecule has 156 valence electrons. The van der Waals surface area contributed by atoms with Gasteiger partial charge >= 0.3 is 43.7 Å². The Morgan fingerprint density at radius 2 is 1.00 bits per heavy atom. The average molecular weight is 538 g/mol. The van der Waals surface area contributed by atoms with Gasteiger partial charge in [-0.25, -0.2) is 0 Å². The molecule has 2 atom stereocenters. The number of carboxylic acid groups (broad SMARTS) is 1. The fraction of sp³-hybridized carbons (Fsp3) is 0.955. The van der Waals surface area contributed by atoms with Crippen LogP contribution in [0.4, 0.5) is 0 Å². The first-order chi connectivity index (χ1) is 12.6. The zero-order valence-corrected chi connectivity index (χ0v) is 23.1. The van der Waals surface area contributed by atoms with Crippen LogP contribution in [0.1, 0.15) is 122 Å². The third-order valence-corrected chi connectivity index (χ3v) is 8.00. The van der Waals surface area contributed by atoms with Crippen molar-refractivity contribution < 1.29 is 9.90 Å². The van der Waals surface area contributed by atoms with Crippen LogP contribution in [0.15, 0.2) is 0 Å². The van der Waals surface area contributed by atoms with Gasteiger partial charge in [-0.05, 0) is 19.3 Å². The molecule has 1 N–H and O–H groups in total. The number of hydrogen-bond donors (Lipinski definition) is 1. The van der Waals surface area contributed by atoms with Crippen LogP contribution in [0, 0.1) is 0 Å². The molecule has 0 aliphatic carbocycles. The van der Waals surface area contributed by atoms with Gasteiger partial charge in [0.1, 0.15) is 0 Å². The Bertz CT molecular complexity index is 317. The van der Waals surface area contributed by atoms with E-state index in [9.17, 15) is 4.79 Å². The fourth-order valence-electron chi connectivity index (χ4n) is 3.33. The van der Waals surface area contributed by atoms with Gasteiger partial charge in [-0.1, -0.05) is 129 Å². The van der Waals surface area contributed by atoms with Crippen LogP contribution in [-0.4, -0.2) is 58.5 Å². The SMILES string of the molecule is CCCCCCCCC(Br)C(Br)CCCCCCCCCCCC(=O)O.[Ca+2]. The molecule has 0 aliphatic rings. The normalized spacial score (nSPS) is 13.1. The van der Waals surface area contributed by atoms with E-state index >= 15 is 0 Å². The Morgan fingerprint density at radius 3 is 1.37 bits per heavy atom. The first kappa shape index (κ1) is 30.9. The number of rotatable bonds is 20. The molecule has 0 spiro atoms. The molecule has 0 saturated carbocycles. The van der Waals surface area contributed by atoms with E-state index in [4.69, 9.17) is 5.11 Å². The standard InChI is InChI=1S/C22H42Br2O2.Ca/c1-2-3-4-5-11-14-17-20(23)21(24)18-15-12-9-7-6-8-10-13-16-19-22(25)26;/h20-21H,2-19H2,1H3,(H,25,26);/q;+2. The summed E-state index contributed by atoms with van der Waals surface area (Å²) in [6.45, 7) is 2.27. The Labute approximate surface area is 215 Å². The predicted octanol–water partition coefficient (Wildman–Crippen LogP) is 8.26. The van der Waals surface area contributed by atoms with Crippen LogP contribution in [-0.2, 0) is 4.79 Å². The van der Waals surface area contributed by atoms with Gasteiger partial charge in [0.05, 0.1) is 0 Å². The van der Waals surface area contributed by atoms with Crippen LogP contribution in [0.2, 0.25) is 0 Å². The minimum atomic E-state index is -0.659. The van der Waals surface area contributed by atoms with Crippen molar-refractivity contribution in [3.05, 3.63) is 0 Å². The summed E-state index contributed by atoms with van der Waals surface area (Å²) in [5.41, 5.74) is 0. The van der Waals surface area contributed by atoms with Crippen LogP contribution in [0.3, 0.4) is 0 Å². The van der Waals surface area contributed by atoms with Gasteiger partial charge in [-0.15, -0.1) is 0 Å². The van der Waals surface area contributed by atoms with Crippen molar-refractivity contribution in [3.63, 3.8) is 0 Å². The van der Waals surface area contributed by atoms with E-state index in [2.05, 4.69) is 38.8 Å². The van der Waals surface area contributed by atoms with E-state index in [1.54, 1.807) is 0 Å².